The van der Waals surface area contributed by atoms with Crippen molar-refractivity contribution < 1.29 is 18.0 Å². The summed E-state index contributed by atoms with van der Waals surface area (Å²) >= 11 is 0. The number of nitrogens with zero attached hydrogens (tertiary/aromatic N) is 2. The second-order valence-electron chi connectivity index (χ2n) is 9.53. The minimum absolute atomic E-state index is 0.0495. The number of nitrogens with one attached hydrogen (secondary N) is 1. The molecule has 0 atom stereocenters. The van der Waals surface area contributed by atoms with Crippen molar-refractivity contribution in [1.82, 2.24) is 9.80 Å². The van der Waals surface area contributed by atoms with Crippen LogP contribution in [0.2, 0.25) is 0 Å². The molecular formula is C27H35N3O4S. The Bertz CT molecular complexity index is 1130. The first kappa shape index (κ1) is 25.2. The molecule has 7 nitrogen and oxygen atoms in total. The van der Waals surface area contributed by atoms with E-state index in [1.54, 1.807) is 29.2 Å². The molecule has 0 unspecified atom stereocenters. The molecule has 2 aromatic rings. The minimum atomic E-state index is -3.83. The number of sulfonamides is 1. The topological polar surface area (TPSA) is 86.8 Å². The number of piperazine rings is 1. The van der Waals surface area contributed by atoms with Gasteiger partial charge in [0.25, 0.3) is 15.9 Å². The molecule has 1 saturated heterocycles. The molecule has 0 bridgehead atoms. The number of aryl methyl sites for hydroxylation is 1. The van der Waals surface area contributed by atoms with E-state index >= 15 is 0 Å². The Labute approximate surface area is 208 Å². The zero-order valence-electron chi connectivity index (χ0n) is 20.4. The number of amides is 2. The Morgan fingerprint density at radius 1 is 0.943 bits per heavy atom. The van der Waals surface area contributed by atoms with Gasteiger partial charge in [0, 0.05) is 43.3 Å². The number of carbonyl (C=O) groups is 2. The molecule has 2 fully saturated rings. The monoisotopic (exact) mass is 497 g/mol. The largest absolute Gasteiger partial charge is 0.339 e. The van der Waals surface area contributed by atoms with E-state index in [2.05, 4.69) is 11.6 Å². The van der Waals surface area contributed by atoms with Gasteiger partial charge < -0.3 is 9.80 Å². The smallest absolute Gasteiger partial charge is 0.261 e. The van der Waals surface area contributed by atoms with Crippen LogP contribution < -0.4 is 4.72 Å². The molecule has 2 aliphatic rings. The summed E-state index contributed by atoms with van der Waals surface area (Å²) in [6.07, 6.45) is 7.35. The summed E-state index contributed by atoms with van der Waals surface area (Å²) in [5, 5.41) is 0. The highest BCUT2D eigenvalue weighted by molar-refractivity contribution is 7.92. The molecule has 1 aliphatic heterocycles. The Morgan fingerprint density at radius 2 is 1.60 bits per heavy atom. The zero-order chi connectivity index (χ0) is 24.8. The van der Waals surface area contributed by atoms with E-state index in [9.17, 15) is 18.0 Å². The maximum atomic E-state index is 13.1. The predicted octanol–water partition coefficient (Wildman–Crippen LogP) is 4.30. The Kier molecular flexibility index (Phi) is 8.11. The number of carbonyl (C=O) groups excluding carboxylic acids is 2. The quantitative estimate of drug-likeness (QED) is 0.589. The Hall–Kier alpha value is -2.87. The summed E-state index contributed by atoms with van der Waals surface area (Å²) < 4.78 is 28.6. The van der Waals surface area contributed by atoms with E-state index in [1.165, 1.54) is 17.7 Å². The summed E-state index contributed by atoms with van der Waals surface area (Å²) in [5.74, 6) is 0.140. The van der Waals surface area contributed by atoms with E-state index in [0.717, 1.165) is 44.9 Å². The van der Waals surface area contributed by atoms with Crippen LogP contribution >= 0.6 is 0 Å². The van der Waals surface area contributed by atoms with Gasteiger partial charge in [0.1, 0.15) is 0 Å². The number of hydrogen-bond donors (Lipinski definition) is 1. The first-order valence-electron chi connectivity index (χ1n) is 12.7. The standard InChI is InChI=1S/C27H35N3O4S/c1-2-3-7-21-12-14-24(15-13-21)28-35(33,34)25-11-6-10-23(20-25)27(32)30-18-16-29(17-19-30)26(31)22-8-4-5-9-22/h6,10-15,20,22,28H,2-5,7-9,16-19H2,1H3. The molecule has 188 valence electrons. The fourth-order valence-electron chi connectivity index (χ4n) is 4.87. The van der Waals surface area contributed by atoms with Gasteiger partial charge in [-0.2, -0.15) is 0 Å². The van der Waals surface area contributed by atoms with Crippen molar-refractivity contribution in [2.24, 2.45) is 5.92 Å². The highest BCUT2D eigenvalue weighted by Crippen LogP contribution is 2.27. The zero-order valence-corrected chi connectivity index (χ0v) is 21.2. The summed E-state index contributed by atoms with van der Waals surface area (Å²) in [7, 11) is -3.83. The van der Waals surface area contributed by atoms with Gasteiger partial charge in [-0.1, -0.05) is 44.4 Å². The molecule has 2 amide bonds. The fourth-order valence-corrected chi connectivity index (χ4v) is 5.98. The van der Waals surface area contributed by atoms with Gasteiger partial charge in [0.15, 0.2) is 0 Å². The maximum absolute atomic E-state index is 13.1. The van der Waals surface area contributed by atoms with Crippen LogP contribution in [-0.4, -0.2) is 56.2 Å². The number of benzene rings is 2. The Balaban J connectivity index is 1.38. The maximum Gasteiger partial charge on any atom is 0.261 e. The van der Waals surface area contributed by atoms with Gasteiger partial charge in [-0.3, -0.25) is 14.3 Å². The van der Waals surface area contributed by atoms with Gasteiger partial charge >= 0.3 is 0 Å². The van der Waals surface area contributed by atoms with Gasteiger partial charge in [-0.15, -0.1) is 0 Å². The van der Waals surface area contributed by atoms with E-state index in [1.807, 2.05) is 17.0 Å². The third-order valence-electron chi connectivity index (χ3n) is 7.00. The lowest BCUT2D eigenvalue weighted by molar-refractivity contribution is -0.136. The van der Waals surface area contributed by atoms with Crippen molar-refractivity contribution in [1.29, 1.82) is 0 Å². The number of anilines is 1. The summed E-state index contributed by atoms with van der Waals surface area (Å²) in [4.78, 5) is 29.4. The van der Waals surface area contributed by atoms with Gasteiger partial charge in [0.05, 0.1) is 4.90 Å². The lowest BCUT2D eigenvalue weighted by Crippen LogP contribution is -2.51. The van der Waals surface area contributed by atoms with Crippen LogP contribution in [0.3, 0.4) is 0 Å². The highest BCUT2D eigenvalue weighted by Gasteiger charge is 2.31. The SMILES string of the molecule is CCCCc1ccc(NS(=O)(=O)c2cccc(C(=O)N3CCN(C(=O)C4CCCC4)CC3)c2)cc1. The highest BCUT2D eigenvalue weighted by atomic mass is 32.2. The third-order valence-corrected chi connectivity index (χ3v) is 8.38. The molecule has 35 heavy (non-hydrogen) atoms. The number of hydrogen-bond acceptors (Lipinski definition) is 4. The van der Waals surface area contributed by atoms with Crippen LogP contribution in [0.25, 0.3) is 0 Å². The average Bonchev–Trinajstić information content (AvgIpc) is 3.42. The van der Waals surface area contributed by atoms with E-state index in [4.69, 9.17) is 0 Å². The first-order valence-corrected chi connectivity index (χ1v) is 14.2. The van der Waals surface area contributed by atoms with Crippen molar-refractivity contribution in [2.75, 3.05) is 30.9 Å². The lowest BCUT2D eigenvalue weighted by atomic mass is 10.1. The molecule has 1 N–H and O–H groups in total. The van der Waals surface area contributed by atoms with Crippen LogP contribution in [0.4, 0.5) is 5.69 Å². The summed E-state index contributed by atoms with van der Waals surface area (Å²) in [6.45, 7) is 4.09. The minimum Gasteiger partial charge on any atom is -0.339 e. The molecule has 4 rings (SSSR count). The normalized spacial score (nSPS) is 16.9. The van der Waals surface area contributed by atoms with E-state index in [-0.39, 0.29) is 22.6 Å². The summed E-state index contributed by atoms with van der Waals surface area (Å²) in [5.41, 5.74) is 2.00. The van der Waals surface area contributed by atoms with Gasteiger partial charge in [-0.05, 0) is 61.6 Å². The first-order chi connectivity index (χ1) is 16.9. The van der Waals surface area contributed by atoms with Crippen LogP contribution in [0, 0.1) is 5.92 Å². The van der Waals surface area contributed by atoms with Crippen molar-refractivity contribution >= 4 is 27.5 Å². The third kappa shape index (κ3) is 6.23. The van der Waals surface area contributed by atoms with Crippen LogP contribution in [0.1, 0.15) is 61.4 Å². The predicted molar refractivity (Wildman–Crippen MR) is 137 cm³/mol. The summed E-state index contributed by atoms with van der Waals surface area (Å²) in [6, 6.07) is 13.6. The van der Waals surface area contributed by atoms with Gasteiger partial charge in [0.2, 0.25) is 5.91 Å². The van der Waals surface area contributed by atoms with Gasteiger partial charge in [-0.25, -0.2) is 8.42 Å². The molecule has 1 saturated carbocycles. The molecule has 2 aromatic carbocycles. The molecule has 8 heteroatoms. The van der Waals surface area contributed by atoms with Crippen molar-refractivity contribution in [3.63, 3.8) is 0 Å². The number of rotatable bonds is 8. The van der Waals surface area contributed by atoms with E-state index in [0.29, 0.717) is 37.4 Å². The lowest BCUT2D eigenvalue weighted by Gasteiger charge is -2.36. The van der Waals surface area contributed by atoms with Crippen molar-refractivity contribution in [3.8, 4) is 0 Å². The molecule has 1 aliphatic carbocycles. The van der Waals surface area contributed by atoms with E-state index < -0.39 is 10.0 Å². The molecule has 0 radical (unpaired) electrons. The second kappa shape index (κ2) is 11.2. The molecule has 1 heterocycles. The molecule has 0 spiro atoms. The second-order valence-corrected chi connectivity index (χ2v) is 11.2. The average molecular weight is 498 g/mol. The molecular weight excluding hydrogens is 462 g/mol. The fraction of sp³-hybridized carbons (Fsp3) is 0.481. The van der Waals surface area contributed by atoms with Crippen molar-refractivity contribution in [2.45, 2.75) is 56.8 Å². The van der Waals surface area contributed by atoms with Crippen LogP contribution in [-0.2, 0) is 21.2 Å². The van der Waals surface area contributed by atoms with Crippen molar-refractivity contribution in [3.05, 3.63) is 59.7 Å². The Morgan fingerprint density at radius 3 is 2.26 bits per heavy atom. The van der Waals surface area contributed by atoms with Crippen LogP contribution in [0.15, 0.2) is 53.4 Å². The molecule has 0 aromatic heterocycles. The van der Waals surface area contributed by atoms with Crippen LogP contribution in [0.5, 0.6) is 0 Å². The number of unbranched alkanes of at least 4 members (excludes halogenated alkanes) is 1.